The predicted octanol–water partition coefficient (Wildman–Crippen LogP) is -0.687. The van der Waals surface area contributed by atoms with Gasteiger partial charge in [0.15, 0.2) is 11.5 Å². The molecule has 118 valence electrons. The second-order valence-corrected chi connectivity index (χ2v) is 6.11. The number of hydrogen-bond donors (Lipinski definition) is 1. The van der Waals surface area contributed by atoms with Crippen molar-refractivity contribution in [3.05, 3.63) is 18.0 Å². The second kappa shape index (κ2) is 5.15. The van der Waals surface area contributed by atoms with Gasteiger partial charge in [-0.05, 0) is 26.1 Å². The Balaban J connectivity index is 1.44. The van der Waals surface area contributed by atoms with Crippen LogP contribution in [0.4, 0.5) is 5.82 Å². The number of likely N-dealkylation sites (N-methyl/N-ethyl adjacent to an activating group) is 1. The van der Waals surface area contributed by atoms with Crippen molar-refractivity contribution in [2.75, 3.05) is 38.3 Å². The molecule has 8 heteroatoms. The van der Waals surface area contributed by atoms with Crippen molar-refractivity contribution >= 4 is 11.5 Å². The highest BCUT2D eigenvalue weighted by Crippen LogP contribution is 2.24. The van der Waals surface area contributed by atoms with E-state index in [1.165, 1.54) is 0 Å². The molecule has 0 saturated carbocycles. The number of fused-ring (bicyclic) bond motifs is 1. The first-order valence-corrected chi connectivity index (χ1v) is 7.55. The van der Waals surface area contributed by atoms with Gasteiger partial charge in [0.2, 0.25) is 0 Å². The van der Waals surface area contributed by atoms with E-state index in [9.17, 15) is 5.11 Å². The van der Waals surface area contributed by atoms with Crippen LogP contribution in [0, 0.1) is 6.92 Å². The van der Waals surface area contributed by atoms with Crippen molar-refractivity contribution in [1.82, 2.24) is 24.7 Å². The van der Waals surface area contributed by atoms with Gasteiger partial charge >= 0.3 is 0 Å². The molecule has 4 heterocycles. The standard InChI is InChI=1S/C14H20N6O2/c1-9-15-16-13-3-4-14(17-20(9)13)19-5-10(6-19)18(2)11-7-22-8-12(11)21/h3-4,10-12,21H,5-8H2,1-2H3. The number of ether oxygens (including phenoxy) is 1. The Hall–Kier alpha value is -1.77. The summed E-state index contributed by atoms with van der Waals surface area (Å²) >= 11 is 0. The molecule has 2 atom stereocenters. The van der Waals surface area contributed by atoms with Gasteiger partial charge in [-0.25, -0.2) is 0 Å². The number of aliphatic hydroxyl groups excluding tert-OH is 1. The molecule has 0 bridgehead atoms. The molecule has 1 N–H and O–H groups in total. The predicted molar refractivity (Wildman–Crippen MR) is 79.9 cm³/mol. The third kappa shape index (κ3) is 2.15. The molecule has 2 aromatic rings. The molecule has 0 amide bonds. The number of aryl methyl sites for hydroxylation is 1. The number of nitrogens with zero attached hydrogens (tertiary/aromatic N) is 6. The quantitative estimate of drug-likeness (QED) is 0.804. The average molecular weight is 304 g/mol. The lowest BCUT2D eigenvalue weighted by Crippen LogP contribution is -2.62. The highest BCUT2D eigenvalue weighted by molar-refractivity contribution is 5.47. The van der Waals surface area contributed by atoms with E-state index in [0.29, 0.717) is 19.3 Å². The van der Waals surface area contributed by atoms with Crippen molar-refractivity contribution in [3.8, 4) is 0 Å². The second-order valence-electron chi connectivity index (χ2n) is 6.11. The van der Waals surface area contributed by atoms with Crippen LogP contribution < -0.4 is 4.90 Å². The molecule has 4 rings (SSSR count). The van der Waals surface area contributed by atoms with E-state index in [-0.39, 0.29) is 12.1 Å². The van der Waals surface area contributed by atoms with Crippen molar-refractivity contribution in [1.29, 1.82) is 0 Å². The Labute approximate surface area is 128 Å². The molecule has 2 fully saturated rings. The van der Waals surface area contributed by atoms with E-state index < -0.39 is 0 Å². The highest BCUT2D eigenvalue weighted by atomic mass is 16.5. The van der Waals surface area contributed by atoms with Crippen LogP contribution in [-0.2, 0) is 4.74 Å². The van der Waals surface area contributed by atoms with Crippen LogP contribution in [0.3, 0.4) is 0 Å². The normalized spacial score (nSPS) is 26.1. The van der Waals surface area contributed by atoms with Crippen LogP contribution >= 0.6 is 0 Å². The van der Waals surface area contributed by atoms with Gasteiger partial charge in [0.25, 0.3) is 0 Å². The zero-order valence-corrected chi connectivity index (χ0v) is 12.8. The van der Waals surface area contributed by atoms with E-state index in [1.54, 1.807) is 4.52 Å². The minimum atomic E-state index is -0.381. The van der Waals surface area contributed by atoms with Gasteiger partial charge in [-0.2, -0.15) is 4.52 Å². The first-order chi connectivity index (χ1) is 10.6. The smallest absolute Gasteiger partial charge is 0.178 e. The Bertz CT molecular complexity index is 683. The lowest BCUT2D eigenvalue weighted by atomic mass is 10.0. The molecular formula is C14H20N6O2. The van der Waals surface area contributed by atoms with Gasteiger partial charge in [0.05, 0.1) is 25.4 Å². The number of anilines is 1. The van der Waals surface area contributed by atoms with Crippen molar-refractivity contribution in [2.45, 2.75) is 25.1 Å². The molecule has 8 nitrogen and oxygen atoms in total. The molecule has 2 unspecified atom stereocenters. The lowest BCUT2D eigenvalue weighted by Gasteiger charge is -2.46. The van der Waals surface area contributed by atoms with Gasteiger partial charge < -0.3 is 14.7 Å². The molecular weight excluding hydrogens is 284 g/mol. The SMILES string of the molecule is Cc1nnc2ccc(N3CC(N(C)C4COCC4O)C3)nn12. The maximum atomic E-state index is 9.93. The molecule has 2 aliphatic rings. The molecule has 0 spiro atoms. The Morgan fingerprint density at radius 1 is 1.27 bits per heavy atom. The van der Waals surface area contributed by atoms with Crippen molar-refractivity contribution < 1.29 is 9.84 Å². The van der Waals surface area contributed by atoms with E-state index >= 15 is 0 Å². The summed E-state index contributed by atoms with van der Waals surface area (Å²) in [6, 6.07) is 4.43. The first kappa shape index (κ1) is 13.9. The minimum Gasteiger partial charge on any atom is -0.389 e. The molecule has 2 aromatic heterocycles. The topological polar surface area (TPSA) is 79.0 Å². The van der Waals surface area contributed by atoms with Crippen molar-refractivity contribution in [3.63, 3.8) is 0 Å². The fraction of sp³-hybridized carbons (Fsp3) is 0.643. The molecule has 0 radical (unpaired) electrons. The Morgan fingerprint density at radius 3 is 2.82 bits per heavy atom. The fourth-order valence-corrected chi connectivity index (χ4v) is 3.15. The summed E-state index contributed by atoms with van der Waals surface area (Å²) in [5, 5.41) is 22.6. The summed E-state index contributed by atoms with van der Waals surface area (Å²) in [6.07, 6.45) is -0.381. The van der Waals surface area contributed by atoms with Gasteiger partial charge in [-0.15, -0.1) is 15.3 Å². The van der Waals surface area contributed by atoms with Crippen LogP contribution in [0.25, 0.3) is 5.65 Å². The maximum Gasteiger partial charge on any atom is 0.178 e. The van der Waals surface area contributed by atoms with Crippen LogP contribution in [0.15, 0.2) is 12.1 Å². The third-order valence-corrected chi connectivity index (χ3v) is 4.71. The van der Waals surface area contributed by atoms with Crippen LogP contribution in [0.2, 0.25) is 0 Å². The van der Waals surface area contributed by atoms with Crippen LogP contribution in [-0.4, -0.2) is 81.4 Å². The first-order valence-electron chi connectivity index (χ1n) is 7.55. The minimum absolute atomic E-state index is 0.0997. The zero-order valence-electron chi connectivity index (χ0n) is 12.8. The number of aromatic nitrogens is 4. The third-order valence-electron chi connectivity index (χ3n) is 4.71. The summed E-state index contributed by atoms with van der Waals surface area (Å²) in [7, 11) is 2.06. The monoisotopic (exact) mass is 304 g/mol. The van der Waals surface area contributed by atoms with Gasteiger partial charge in [0, 0.05) is 19.1 Å². The van der Waals surface area contributed by atoms with E-state index in [1.807, 2.05) is 19.1 Å². The molecule has 2 saturated heterocycles. The van der Waals surface area contributed by atoms with Gasteiger partial charge in [-0.1, -0.05) is 0 Å². The molecule has 2 aliphatic heterocycles. The Kier molecular flexibility index (Phi) is 3.24. The number of aliphatic hydroxyl groups is 1. The van der Waals surface area contributed by atoms with E-state index in [4.69, 9.17) is 4.74 Å². The highest BCUT2D eigenvalue weighted by Gasteiger charge is 2.38. The van der Waals surface area contributed by atoms with E-state index in [2.05, 4.69) is 32.1 Å². The average Bonchev–Trinajstić information content (AvgIpc) is 3.04. The lowest BCUT2D eigenvalue weighted by molar-refractivity contribution is 0.0635. The largest absolute Gasteiger partial charge is 0.389 e. The van der Waals surface area contributed by atoms with Crippen LogP contribution in [0.1, 0.15) is 5.82 Å². The maximum absolute atomic E-state index is 9.93. The van der Waals surface area contributed by atoms with Crippen LogP contribution in [0.5, 0.6) is 0 Å². The zero-order chi connectivity index (χ0) is 15.3. The number of hydrogen-bond acceptors (Lipinski definition) is 7. The summed E-state index contributed by atoms with van der Waals surface area (Å²) in [5.41, 5.74) is 0.765. The molecule has 0 aromatic carbocycles. The van der Waals surface area contributed by atoms with Crippen molar-refractivity contribution in [2.24, 2.45) is 0 Å². The number of rotatable bonds is 3. The summed E-state index contributed by atoms with van der Waals surface area (Å²) in [6.45, 7) is 4.75. The Morgan fingerprint density at radius 2 is 2.09 bits per heavy atom. The summed E-state index contributed by atoms with van der Waals surface area (Å²) < 4.78 is 7.10. The van der Waals surface area contributed by atoms with Gasteiger partial charge in [0.1, 0.15) is 5.82 Å². The van der Waals surface area contributed by atoms with E-state index in [0.717, 1.165) is 30.4 Å². The summed E-state index contributed by atoms with van der Waals surface area (Å²) in [5.74, 6) is 1.72. The van der Waals surface area contributed by atoms with Gasteiger partial charge in [-0.3, -0.25) is 4.90 Å². The molecule has 22 heavy (non-hydrogen) atoms. The fourth-order valence-electron chi connectivity index (χ4n) is 3.15. The summed E-state index contributed by atoms with van der Waals surface area (Å²) in [4.78, 5) is 4.46. The molecule has 0 aliphatic carbocycles.